The Morgan fingerprint density at radius 1 is 1.00 bits per heavy atom. The fourth-order valence-electron chi connectivity index (χ4n) is 2.38. The highest BCUT2D eigenvalue weighted by Gasteiger charge is 2.21. The van der Waals surface area contributed by atoms with Crippen molar-refractivity contribution in [2.75, 3.05) is 11.9 Å². The Labute approximate surface area is 196 Å². The number of thiazole rings is 1. The number of aryl methyl sites for hydroxylation is 1. The Balaban J connectivity index is 1.66. The van der Waals surface area contributed by atoms with Crippen LogP contribution in [-0.2, 0) is 11.2 Å². The van der Waals surface area contributed by atoms with Gasteiger partial charge in [-0.2, -0.15) is 0 Å². The van der Waals surface area contributed by atoms with Crippen molar-refractivity contribution in [2.45, 2.75) is 13.3 Å². The van der Waals surface area contributed by atoms with E-state index in [0.717, 1.165) is 17.7 Å². The molecule has 1 heterocycles. The van der Waals surface area contributed by atoms with Gasteiger partial charge in [-0.15, -0.1) is 11.3 Å². The molecule has 0 saturated carbocycles. The lowest BCUT2D eigenvalue weighted by atomic mass is 10.1. The molecule has 0 spiro atoms. The lowest BCUT2D eigenvalue weighted by molar-refractivity contribution is -0.118. The van der Waals surface area contributed by atoms with Crippen LogP contribution in [0, 0.1) is 0 Å². The number of anilines is 1. The minimum absolute atomic E-state index is 0.00296. The third kappa shape index (κ3) is 5.10. The number of hydrogen-bond acceptors (Lipinski definition) is 4. The van der Waals surface area contributed by atoms with Crippen LogP contribution < -0.4 is 10.1 Å². The normalized spacial score (nSPS) is 10.8. The van der Waals surface area contributed by atoms with Crippen LogP contribution >= 0.6 is 69.3 Å². The Bertz CT molecular complexity index is 1020. The summed E-state index contributed by atoms with van der Waals surface area (Å²) in [7, 11) is 0. The zero-order valence-corrected chi connectivity index (χ0v) is 19.5. The summed E-state index contributed by atoms with van der Waals surface area (Å²) in [5.74, 6) is -0.458. The average molecular weight is 511 g/mol. The number of aromatic nitrogens is 1. The lowest BCUT2D eigenvalue weighted by Crippen LogP contribution is -2.20. The van der Waals surface area contributed by atoms with Crippen molar-refractivity contribution >= 4 is 80.4 Å². The molecule has 0 unspecified atom stereocenters. The van der Waals surface area contributed by atoms with E-state index in [1.807, 2.05) is 17.5 Å². The van der Waals surface area contributed by atoms with Crippen molar-refractivity contribution in [3.8, 4) is 17.0 Å². The van der Waals surface area contributed by atoms with Gasteiger partial charge in [0.1, 0.15) is 10.0 Å². The third-order valence-electron chi connectivity index (χ3n) is 3.93. The molecule has 1 N–H and O–H groups in total. The zero-order valence-electron chi connectivity index (χ0n) is 14.9. The minimum Gasteiger partial charge on any atom is -0.481 e. The third-order valence-corrected chi connectivity index (χ3v) is 6.93. The number of nitrogens with one attached hydrogen (secondary N) is 1. The maximum Gasteiger partial charge on any atom is 0.264 e. The molecular weight excluding hydrogens is 498 g/mol. The van der Waals surface area contributed by atoms with Gasteiger partial charge in [0.25, 0.3) is 5.91 Å². The maximum atomic E-state index is 12.2. The molecule has 0 aliphatic carbocycles. The summed E-state index contributed by atoms with van der Waals surface area (Å²) in [6.45, 7) is 1.73. The number of hydrogen-bond donors (Lipinski definition) is 1. The Hall–Kier alpha value is -1.21. The van der Waals surface area contributed by atoms with Gasteiger partial charge in [-0.1, -0.05) is 89.2 Å². The summed E-state index contributed by atoms with van der Waals surface area (Å²) in [5, 5.41) is 4.94. The smallest absolute Gasteiger partial charge is 0.264 e. The summed E-state index contributed by atoms with van der Waals surface area (Å²) in [6.07, 6.45) is 0.969. The molecule has 0 radical (unpaired) electrons. The van der Waals surface area contributed by atoms with Crippen LogP contribution in [0.4, 0.5) is 5.13 Å². The highest BCUT2D eigenvalue weighted by atomic mass is 35.5. The second-order valence-electron chi connectivity index (χ2n) is 5.82. The van der Waals surface area contributed by atoms with Gasteiger partial charge in [-0.05, 0) is 12.0 Å². The van der Waals surface area contributed by atoms with E-state index in [4.69, 9.17) is 62.7 Å². The first-order valence-corrected chi connectivity index (χ1v) is 11.1. The zero-order chi connectivity index (χ0) is 21.1. The van der Waals surface area contributed by atoms with Crippen LogP contribution in [-0.4, -0.2) is 17.5 Å². The van der Waals surface area contributed by atoms with Gasteiger partial charge < -0.3 is 4.74 Å². The molecule has 4 nitrogen and oxygen atoms in total. The van der Waals surface area contributed by atoms with E-state index in [0.29, 0.717) is 5.13 Å². The van der Waals surface area contributed by atoms with Crippen molar-refractivity contribution in [2.24, 2.45) is 0 Å². The molecule has 3 aromatic rings. The van der Waals surface area contributed by atoms with Gasteiger partial charge in [0.2, 0.25) is 0 Å². The second-order valence-corrected chi connectivity index (χ2v) is 8.57. The molecule has 0 atom stereocenters. The molecule has 152 valence electrons. The molecular formula is C19H13Cl5N2O2S. The molecule has 0 aliphatic rings. The van der Waals surface area contributed by atoms with Gasteiger partial charge in [-0.25, -0.2) is 4.98 Å². The van der Waals surface area contributed by atoms with E-state index in [2.05, 4.69) is 29.4 Å². The van der Waals surface area contributed by atoms with Gasteiger partial charge in [0.05, 0.1) is 20.8 Å². The number of carbonyl (C=O) groups excluding carboxylic acids is 1. The van der Waals surface area contributed by atoms with Crippen LogP contribution in [0.2, 0.25) is 25.1 Å². The van der Waals surface area contributed by atoms with E-state index in [9.17, 15) is 4.79 Å². The first-order valence-electron chi connectivity index (χ1n) is 8.30. The number of carbonyl (C=O) groups is 1. The van der Waals surface area contributed by atoms with Crippen LogP contribution in [0.15, 0.2) is 29.6 Å². The van der Waals surface area contributed by atoms with Crippen molar-refractivity contribution in [3.63, 3.8) is 0 Å². The summed E-state index contributed by atoms with van der Waals surface area (Å²) in [5.41, 5.74) is 2.99. The second kappa shape index (κ2) is 9.73. The van der Waals surface area contributed by atoms with Crippen molar-refractivity contribution < 1.29 is 9.53 Å². The molecule has 10 heteroatoms. The van der Waals surface area contributed by atoms with E-state index in [1.165, 1.54) is 16.9 Å². The summed E-state index contributed by atoms with van der Waals surface area (Å²) in [6, 6.07) is 8.11. The minimum atomic E-state index is -0.443. The summed E-state index contributed by atoms with van der Waals surface area (Å²) >= 11 is 31.4. The number of ether oxygens (including phenoxy) is 1. The van der Waals surface area contributed by atoms with Gasteiger partial charge in [-0.3, -0.25) is 10.1 Å². The molecule has 1 amide bonds. The first-order chi connectivity index (χ1) is 13.8. The summed E-state index contributed by atoms with van der Waals surface area (Å²) < 4.78 is 5.41. The van der Waals surface area contributed by atoms with Crippen molar-refractivity contribution in [1.29, 1.82) is 0 Å². The first kappa shape index (κ1) is 22.5. The molecule has 0 aliphatic heterocycles. The monoisotopic (exact) mass is 508 g/mol. The van der Waals surface area contributed by atoms with Gasteiger partial charge in [0.15, 0.2) is 17.5 Å². The largest absolute Gasteiger partial charge is 0.481 e. The van der Waals surface area contributed by atoms with Crippen LogP contribution in [0.5, 0.6) is 5.75 Å². The van der Waals surface area contributed by atoms with E-state index in [-0.39, 0.29) is 37.5 Å². The van der Waals surface area contributed by atoms with Gasteiger partial charge in [0, 0.05) is 10.9 Å². The van der Waals surface area contributed by atoms with Crippen molar-refractivity contribution in [3.05, 3.63) is 60.3 Å². The molecule has 2 aromatic carbocycles. The highest BCUT2D eigenvalue weighted by Crippen LogP contribution is 2.48. The van der Waals surface area contributed by atoms with E-state index in [1.54, 1.807) is 0 Å². The van der Waals surface area contributed by atoms with Crippen molar-refractivity contribution in [1.82, 2.24) is 4.98 Å². The predicted octanol–water partition coefficient (Wildman–Crippen LogP) is 7.66. The average Bonchev–Trinajstić information content (AvgIpc) is 3.19. The molecule has 0 fully saturated rings. The Morgan fingerprint density at radius 2 is 1.59 bits per heavy atom. The maximum absolute atomic E-state index is 12.2. The number of nitrogens with zero attached hydrogens (tertiary/aromatic N) is 1. The van der Waals surface area contributed by atoms with E-state index < -0.39 is 5.91 Å². The number of halogens is 5. The molecule has 1 aromatic heterocycles. The summed E-state index contributed by atoms with van der Waals surface area (Å²) in [4.78, 5) is 16.7. The fraction of sp³-hybridized carbons (Fsp3) is 0.158. The van der Waals surface area contributed by atoms with Gasteiger partial charge >= 0.3 is 0 Å². The van der Waals surface area contributed by atoms with Crippen LogP contribution in [0.25, 0.3) is 11.3 Å². The lowest BCUT2D eigenvalue weighted by Gasteiger charge is -2.13. The number of benzene rings is 2. The molecule has 0 bridgehead atoms. The Kier molecular flexibility index (Phi) is 7.54. The fourth-order valence-corrected chi connectivity index (χ4v) is 4.35. The van der Waals surface area contributed by atoms with Crippen LogP contribution in [0.1, 0.15) is 12.5 Å². The predicted molar refractivity (Wildman–Crippen MR) is 123 cm³/mol. The molecule has 0 saturated heterocycles. The van der Waals surface area contributed by atoms with E-state index >= 15 is 0 Å². The van der Waals surface area contributed by atoms with Crippen LogP contribution in [0.3, 0.4) is 0 Å². The quantitative estimate of drug-likeness (QED) is 0.274. The number of rotatable bonds is 6. The topological polar surface area (TPSA) is 51.2 Å². The number of amides is 1. The SMILES string of the molecule is CCc1ccc(-c2csc(NC(=O)COc3c(Cl)c(Cl)c(Cl)c(Cl)c3Cl)n2)cc1. The Morgan fingerprint density at radius 3 is 2.17 bits per heavy atom. The molecule has 29 heavy (non-hydrogen) atoms. The molecule has 3 rings (SSSR count). The standard InChI is InChI=1S/C19H13Cl5N2O2S/c1-2-9-3-5-10(6-4-9)11-8-29-19(25-11)26-12(27)7-28-18-16(23)14(21)13(20)15(22)17(18)24/h3-6,8H,2,7H2,1H3,(H,25,26,27). The highest BCUT2D eigenvalue weighted by molar-refractivity contribution is 7.14.